The molecule has 1 aliphatic rings. The molecule has 0 radical (unpaired) electrons. The molecule has 11 heavy (non-hydrogen) atoms. The Labute approximate surface area is 64.8 Å². The lowest BCUT2D eigenvalue weighted by Crippen LogP contribution is -2.40. The lowest BCUT2D eigenvalue weighted by atomic mass is 10.5. The van der Waals surface area contributed by atoms with Gasteiger partial charge in [0.15, 0.2) is 0 Å². The first kappa shape index (κ1) is 8.00. The first-order valence-corrected chi connectivity index (χ1v) is 3.39. The Bertz CT molecular complexity index is 202. The number of nitrogens with zero attached hydrogens (tertiary/aromatic N) is 2. The van der Waals surface area contributed by atoms with Crippen molar-refractivity contribution in [3.63, 3.8) is 0 Å². The number of nitrogens with two attached hydrogens (primary N) is 1. The lowest BCUT2D eigenvalue weighted by molar-refractivity contribution is -0.133. The third-order valence-corrected chi connectivity index (χ3v) is 1.47. The zero-order chi connectivity index (χ0) is 8.43. The van der Waals surface area contributed by atoms with Gasteiger partial charge in [0.2, 0.25) is 12.2 Å². The Morgan fingerprint density at radius 1 is 1.82 bits per heavy atom. The minimum Gasteiger partial charge on any atom is -0.369 e. The molecule has 62 valence electrons. The van der Waals surface area contributed by atoms with Crippen molar-refractivity contribution in [1.82, 2.24) is 4.90 Å². The number of guanidine groups is 1. The summed E-state index contributed by atoms with van der Waals surface area (Å²) in [6.45, 7) is 2.29. The predicted octanol–water partition coefficient (Wildman–Crippen LogP) is -0.864. The van der Waals surface area contributed by atoms with Gasteiger partial charge in [-0.15, -0.1) is 0 Å². The number of hydrogen-bond acceptors (Lipinski definition) is 4. The molecule has 2 N–H and O–H groups in total. The van der Waals surface area contributed by atoms with Crippen LogP contribution < -0.4 is 5.73 Å². The third-order valence-electron chi connectivity index (χ3n) is 1.47. The highest BCUT2D eigenvalue weighted by molar-refractivity contribution is 6.01. The van der Waals surface area contributed by atoms with Crippen LogP contribution in [0.15, 0.2) is 4.99 Å². The molecule has 1 heterocycles. The average molecular weight is 157 g/mol. The second kappa shape index (κ2) is 2.87. The van der Waals surface area contributed by atoms with E-state index in [1.807, 2.05) is 6.92 Å². The van der Waals surface area contributed by atoms with Crippen molar-refractivity contribution in [3.05, 3.63) is 0 Å². The third kappa shape index (κ3) is 1.32. The van der Waals surface area contributed by atoms with E-state index >= 15 is 0 Å². The molecule has 0 aromatic heterocycles. The van der Waals surface area contributed by atoms with Gasteiger partial charge in [0, 0.05) is 13.7 Å². The first-order chi connectivity index (χ1) is 5.16. The summed E-state index contributed by atoms with van der Waals surface area (Å²) in [5.41, 5.74) is 5.36. The van der Waals surface area contributed by atoms with E-state index in [1.165, 1.54) is 4.90 Å². The lowest BCUT2D eigenvalue weighted by Gasteiger charge is -2.18. The molecule has 1 atom stereocenters. The zero-order valence-corrected chi connectivity index (χ0v) is 6.57. The van der Waals surface area contributed by atoms with E-state index in [9.17, 15) is 4.79 Å². The van der Waals surface area contributed by atoms with Gasteiger partial charge in [0.1, 0.15) is 0 Å². The summed E-state index contributed by atoms with van der Waals surface area (Å²) in [6.07, 6.45) is -0.611. The first-order valence-electron chi connectivity index (χ1n) is 3.39. The number of likely N-dealkylation sites (N-methyl/N-ethyl adjacent to an activating group) is 1. The van der Waals surface area contributed by atoms with E-state index in [0.717, 1.165) is 0 Å². The van der Waals surface area contributed by atoms with E-state index in [-0.39, 0.29) is 11.9 Å². The van der Waals surface area contributed by atoms with Crippen molar-refractivity contribution in [2.75, 3.05) is 13.7 Å². The Morgan fingerprint density at radius 3 is 2.82 bits per heavy atom. The number of hydrogen-bond donors (Lipinski definition) is 1. The molecular formula is C6H11N3O2. The van der Waals surface area contributed by atoms with Gasteiger partial charge in [0.05, 0.1) is 0 Å². The fourth-order valence-corrected chi connectivity index (χ4v) is 0.874. The van der Waals surface area contributed by atoms with Gasteiger partial charge in [-0.2, -0.15) is 4.99 Å². The monoisotopic (exact) mass is 157 g/mol. The molecule has 1 aliphatic heterocycles. The minimum atomic E-state index is -0.611. The highest BCUT2D eigenvalue weighted by Gasteiger charge is 2.31. The Kier molecular flexibility index (Phi) is 2.09. The van der Waals surface area contributed by atoms with E-state index in [1.54, 1.807) is 7.05 Å². The maximum absolute atomic E-state index is 11.0. The number of amides is 1. The van der Waals surface area contributed by atoms with Gasteiger partial charge in [-0.3, -0.25) is 4.79 Å². The summed E-state index contributed by atoms with van der Waals surface area (Å²) in [4.78, 5) is 16.0. The van der Waals surface area contributed by atoms with Crippen LogP contribution in [0.2, 0.25) is 0 Å². The average Bonchev–Trinajstić information content (AvgIpc) is 2.17. The Morgan fingerprint density at radius 2 is 2.45 bits per heavy atom. The molecule has 0 aromatic carbocycles. The second-order valence-corrected chi connectivity index (χ2v) is 2.23. The van der Waals surface area contributed by atoms with E-state index in [4.69, 9.17) is 10.5 Å². The summed E-state index contributed by atoms with van der Waals surface area (Å²) in [7, 11) is 1.67. The fraction of sp³-hybridized carbons (Fsp3) is 0.667. The summed E-state index contributed by atoms with van der Waals surface area (Å²) < 4.78 is 5.08. The van der Waals surface area contributed by atoms with Gasteiger partial charge in [0.25, 0.3) is 5.91 Å². The molecule has 1 amide bonds. The van der Waals surface area contributed by atoms with E-state index in [0.29, 0.717) is 6.61 Å². The van der Waals surface area contributed by atoms with Crippen LogP contribution in [0.1, 0.15) is 6.92 Å². The SMILES string of the molecule is CCO[C@H]1C(=O)N=C(N)N1C. The highest BCUT2D eigenvalue weighted by Crippen LogP contribution is 2.07. The van der Waals surface area contributed by atoms with Crippen LogP contribution in [-0.4, -0.2) is 36.6 Å². The second-order valence-electron chi connectivity index (χ2n) is 2.23. The van der Waals surface area contributed by atoms with Crippen LogP contribution in [0, 0.1) is 0 Å². The van der Waals surface area contributed by atoms with Crippen LogP contribution in [0.5, 0.6) is 0 Å². The summed E-state index contributed by atoms with van der Waals surface area (Å²) >= 11 is 0. The van der Waals surface area contributed by atoms with Crippen LogP contribution in [0.4, 0.5) is 0 Å². The number of rotatable bonds is 2. The number of carbonyl (C=O) groups is 1. The number of carbonyl (C=O) groups excluding carboxylic acids is 1. The van der Waals surface area contributed by atoms with Crippen LogP contribution in [0.3, 0.4) is 0 Å². The molecule has 0 aliphatic carbocycles. The summed E-state index contributed by atoms with van der Waals surface area (Å²) in [5, 5.41) is 0. The molecule has 5 heteroatoms. The van der Waals surface area contributed by atoms with E-state index < -0.39 is 6.23 Å². The van der Waals surface area contributed by atoms with Crippen LogP contribution >= 0.6 is 0 Å². The number of ether oxygens (including phenoxy) is 1. The van der Waals surface area contributed by atoms with Gasteiger partial charge in [-0.25, -0.2) is 0 Å². The normalized spacial score (nSPS) is 24.2. The molecule has 0 aromatic rings. The topological polar surface area (TPSA) is 67.9 Å². The van der Waals surface area contributed by atoms with Gasteiger partial charge in [-0.05, 0) is 6.92 Å². The van der Waals surface area contributed by atoms with Crippen molar-refractivity contribution < 1.29 is 9.53 Å². The van der Waals surface area contributed by atoms with Crippen molar-refractivity contribution in [1.29, 1.82) is 0 Å². The Hall–Kier alpha value is -1.10. The highest BCUT2D eigenvalue weighted by atomic mass is 16.5. The van der Waals surface area contributed by atoms with Crippen molar-refractivity contribution in [2.24, 2.45) is 10.7 Å². The Balaban J connectivity index is 2.64. The maximum Gasteiger partial charge on any atom is 0.299 e. The van der Waals surface area contributed by atoms with Gasteiger partial charge < -0.3 is 15.4 Å². The van der Waals surface area contributed by atoms with Crippen LogP contribution in [-0.2, 0) is 9.53 Å². The number of aliphatic imine (C=N–C) groups is 1. The maximum atomic E-state index is 11.0. The zero-order valence-electron chi connectivity index (χ0n) is 6.57. The molecule has 0 saturated carbocycles. The summed E-state index contributed by atoms with van der Waals surface area (Å²) in [6, 6.07) is 0. The van der Waals surface area contributed by atoms with Gasteiger partial charge >= 0.3 is 0 Å². The molecular weight excluding hydrogens is 146 g/mol. The minimum absolute atomic E-state index is 0.216. The molecule has 0 saturated heterocycles. The summed E-state index contributed by atoms with van der Waals surface area (Å²) in [5.74, 6) is -0.111. The van der Waals surface area contributed by atoms with Crippen molar-refractivity contribution in [3.8, 4) is 0 Å². The molecule has 1 rings (SSSR count). The van der Waals surface area contributed by atoms with Crippen molar-refractivity contribution >= 4 is 11.9 Å². The molecule has 0 fully saturated rings. The van der Waals surface area contributed by atoms with E-state index in [2.05, 4.69) is 4.99 Å². The largest absolute Gasteiger partial charge is 0.369 e. The molecule has 0 bridgehead atoms. The van der Waals surface area contributed by atoms with Crippen molar-refractivity contribution in [2.45, 2.75) is 13.2 Å². The van der Waals surface area contributed by atoms with Gasteiger partial charge in [-0.1, -0.05) is 0 Å². The predicted molar refractivity (Wildman–Crippen MR) is 39.8 cm³/mol. The fourth-order valence-electron chi connectivity index (χ4n) is 0.874. The molecule has 0 spiro atoms. The standard InChI is InChI=1S/C6H11N3O2/c1-3-11-5-4(10)8-6(7)9(5)2/h5H,3H2,1-2H3,(H2,7,8,10)/t5-/m0/s1. The molecule has 0 unspecified atom stereocenters. The quantitative estimate of drug-likeness (QED) is 0.566. The smallest absolute Gasteiger partial charge is 0.299 e. The van der Waals surface area contributed by atoms with Crippen LogP contribution in [0.25, 0.3) is 0 Å². The molecule has 5 nitrogen and oxygen atoms in total.